The number of rotatable bonds is 8. The average Bonchev–Trinajstić information content (AvgIpc) is 3.16. The second-order valence-corrected chi connectivity index (χ2v) is 8.09. The highest BCUT2D eigenvalue weighted by molar-refractivity contribution is 6.10. The molecule has 2 N–H and O–H groups in total. The zero-order valence-electron chi connectivity index (χ0n) is 19.0. The summed E-state index contributed by atoms with van der Waals surface area (Å²) in [5.74, 6) is -2.43. The topological polar surface area (TPSA) is 63.1 Å². The molecule has 0 aliphatic rings. The number of aromatic nitrogens is 1. The molecule has 1 amide bonds. The summed E-state index contributed by atoms with van der Waals surface area (Å²) < 4.78 is 39.8. The Bertz CT molecular complexity index is 1390. The van der Waals surface area contributed by atoms with Crippen molar-refractivity contribution < 1.29 is 22.8 Å². The lowest BCUT2D eigenvalue weighted by atomic mass is 10.0. The molecule has 0 spiro atoms. The van der Waals surface area contributed by atoms with Crippen LogP contribution in [-0.4, -0.2) is 28.5 Å². The Labute approximate surface area is 200 Å². The predicted molar refractivity (Wildman–Crippen MR) is 131 cm³/mol. The van der Waals surface area contributed by atoms with Crippen molar-refractivity contribution in [2.75, 3.05) is 5.32 Å². The molecule has 1 unspecified atom stereocenters. The molecule has 0 bridgehead atoms. The molecule has 4 aromatic rings. The maximum absolute atomic E-state index is 13.1. The van der Waals surface area contributed by atoms with E-state index in [-0.39, 0.29) is 6.42 Å². The minimum absolute atomic E-state index is 0.217. The van der Waals surface area contributed by atoms with Crippen molar-refractivity contribution in [1.29, 1.82) is 0 Å². The van der Waals surface area contributed by atoms with Crippen molar-refractivity contribution in [3.63, 3.8) is 0 Å². The lowest BCUT2D eigenvalue weighted by molar-refractivity contribution is -0.165. The van der Waals surface area contributed by atoms with Crippen LogP contribution in [-0.2, 0) is 22.6 Å². The van der Waals surface area contributed by atoms with Gasteiger partial charge in [-0.2, -0.15) is 13.2 Å². The van der Waals surface area contributed by atoms with Gasteiger partial charge in [0.25, 0.3) is 5.78 Å². The number of aryl methyl sites for hydroxylation is 1. The fraction of sp³-hybridized carbons (Fsp3) is 0.185. The third kappa shape index (κ3) is 5.37. The molecule has 0 fully saturated rings. The Hall–Kier alpha value is -4.07. The van der Waals surface area contributed by atoms with Gasteiger partial charge in [0.2, 0.25) is 5.91 Å². The molecule has 8 heteroatoms. The SMILES string of the molecule is CCn1c2ccccc2c2cc(NC(=O)C(Cc3ccccc3)NC=CC(=O)C(F)(F)F)ccc21. The monoisotopic (exact) mass is 479 g/mol. The molecule has 5 nitrogen and oxygen atoms in total. The van der Waals surface area contributed by atoms with Gasteiger partial charge in [0.05, 0.1) is 0 Å². The Morgan fingerprint density at radius 3 is 2.34 bits per heavy atom. The van der Waals surface area contributed by atoms with Crippen molar-refractivity contribution in [1.82, 2.24) is 9.88 Å². The van der Waals surface area contributed by atoms with Gasteiger partial charge in [0, 0.05) is 52.7 Å². The number of nitrogens with one attached hydrogen (secondary N) is 2. The van der Waals surface area contributed by atoms with Crippen molar-refractivity contribution in [2.24, 2.45) is 0 Å². The lowest BCUT2D eigenvalue weighted by Gasteiger charge is -2.18. The smallest absolute Gasteiger partial charge is 0.379 e. The maximum Gasteiger partial charge on any atom is 0.454 e. The van der Waals surface area contributed by atoms with Crippen LogP contribution < -0.4 is 10.6 Å². The van der Waals surface area contributed by atoms with Crippen LogP contribution in [0.15, 0.2) is 85.1 Å². The summed E-state index contributed by atoms with van der Waals surface area (Å²) in [5.41, 5.74) is 3.52. The normalized spacial score (nSPS) is 12.8. The van der Waals surface area contributed by atoms with Gasteiger partial charge < -0.3 is 15.2 Å². The fourth-order valence-electron chi connectivity index (χ4n) is 4.11. The molecule has 0 aliphatic carbocycles. The molecule has 1 aromatic heterocycles. The molecule has 3 aromatic carbocycles. The van der Waals surface area contributed by atoms with Gasteiger partial charge in [-0.05, 0) is 36.8 Å². The molecule has 1 atom stereocenters. The molecule has 0 aliphatic heterocycles. The number of fused-ring (bicyclic) bond motifs is 3. The third-order valence-electron chi connectivity index (χ3n) is 5.77. The number of amides is 1. The van der Waals surface area contributed by atoms with Crippen LogP contribution >= 0.6 is 0 Å². The van der Waals surface area contributed by atoms with Gasteiger partial charge in [-0.15, -0.1) is 0 Å². The molecule has 0 saturated heterocycles. The second-order valence-electron chi connectivity index (χ2n) is 8.09. The first-order valence-electron chi connectivity index (χ1n) is 11.2. The van der Waals surface area contributed by atoms with Crippen LogP contribution in [0.5, 0.6) is 0 Å². The maximum atomic E-state index is 13.1. The van der Waals surface area contributed by atoms with Crippen molar-refractivity contribution >= 4 is 39.2 Å². The van der Waals surface area contributed by atoms with E-state index in [0.29, 0.717) is 11.8 Å². The number of anilines is 1. The number of benzene rings is 3. The van der Waals surface area contributed by atoms with Gasteiger partial charge >= 0.3 is 6.18 Å². The Kier molecular flexibility index (Phi) is 6.91. The molecule has 35 heavy (non-hydrogen) atoms. The van der Waals surface area contributed by atoms with Crippen LogP contribution in [0.1, 0.15) is 12.5 Å². The number of hydrogen-bond donors (Lipinski definition) is 2. The van der Waals surface area contributed by atoms with Crippen molar-refractivity contribution in [2.45, 2.75) is 32.1 Å². The zero-order chi connectivity index (χ0) is 25.0. The molecule has 4 rings (SSSR count). The van der Waals surface area contributed by atoms with E-state index in [2.05, 4.69) is 22.1 Å². The highest BCUT2D eigenvalue weighted by atomic mass is 19.4. The molecular weight excluding hydrogens is 455 g/mol. The number of alkyl halides is 3. The van der Waals surface area contributed by atoms with Crippen LogP contribution in [0.4, 0.5) is 18.9 Å². The first kappa shape index (κ1) is 24.1. The number of nitrogens with zero attached hydrogens (tertiary/aromatic N) is 1. The molecule has 180 valence electrons. The first-order chi connectivity index (χ1) is 16.8. The molecule has 1 heterocycles. The second kappa shape index (κ2) is 10.0. The molecule has 0 saturated carbocycles. The summed E-state index contributed by atoms with van der Waals surface area (Å²) in [6.07, 6.45) is -3.49. The highest BCUT2D eigenvalue weighted by Crippen LogP contribution is 2.31. The van der Waals surface area contributed by atoms with E-state index in [1.165, 1.54) is 0 Å². The predicted octanol–water partition coefficient (Wildman–Crippen LogP) is 5.60. The number of para-hydroxylation sites is 1. The summed E-state index contributed by atoms with van der Waals surface area (Å²) in [6.45, 7) is 2.86. The van der Waals surface area contributed by atoms with Crippen LogP contribution in [0.2, 0.25) is 0 Å². The van der Waals surface area contributed by atoms with Gasteiger partial charge in [-0.3, -0.25) is 9.59 Å². The Morgan fingerprint density at radius 1 is 0.943 bits per heavy atom. The summed E-state index contributed by atoms with van der Waals surface area (Å²) in [4.78, 5) is 24.3. The van der Waals surface area contributed by atoms with E-state index < -0.39 is 23.9 Å². The van der Waals surface area contributed by atoms with E-state index in [1.807, 2.05) is 66.7 Å². The summed E-state index contributed by atoms with van der Waals surface area (Å²) in [7, 11) is 0. The van der Waals surface area contributed by atoms with Gasteiger partial charge in [-0.25, -0.2) is 0 Å². The minimum Gasteiger partial charge on any atom is -0.379 e. The highest BCUT2D eigenvalue weighted by Gasteiger charge is 2.36. The number of hydrogen-bond acceptors (Lipinski definition) is 3. The number of carbonyl (C=O) groups is 2. The van der Waals surface area contributed by atoms with Gasteiger partial charge in [0.15, 0.2) is 0 Å². The van der Waals surface area contributed by atoms with E-state index in [1.54, 1.807) is 6.07 Å². The van der Waals surface area contributed by atoms with E-state index in [9.17, 15) is 22.8 Å². The first-order valence-corrected chi connectivity index (χ1v) is 11.2. The van der Waals surface area contributed by atoms with E-state index in [4.69, 9.17) is 0 Å². The molecule has 0 radical (unpaired) electrons. The standard InChI is InChI=1S/C27H24F3N3O2/c1-2-33-23-11-7-6-10-20(23)21-17-19(12-13-24(21)33)32-26(35)22(16-18-8-4-3-5-9-18)31-15-14-25(34)27(28,29)30/h3-15,17,22,31H,2,16H2,1H3,(H,32,35). The largest absolute Gasteiger partial charge is 0.454 e. The summed E-state index contributed by atoms with van der Waals surface area (Å²) in [5, 5.41) is 7.57. The number of allylic oxidation sites excluding steroid dienone is 1. The van der Waals surface area contributed by atoms with Crippen LogP contribution in [0, 0.1) is 0 Å². The molecular formula is C27H24F3N3O2. The Balaban J connectivity index is 1.59. The van der Waals surface area contributed by atoms with Gasteiger partial charge in [0.1, 0.15) is 6.04 Å². The quantitative estimate of drug-likeness (QED) is 0.324. The van der Waals surface area contributed by atoms with Crippen molar-refractivity contribution in [3.05, 3.63) is 90.6 Å². The third-order valence-corrected chi connectivity index (χ3v) is 5.77. The van der Waals surface area contributed by atoms with Crippen molar-refractivity contribution in [3.8, 4) is 0 Å². The fourth-order valence-corrected chi connectivity index (χ4v) is 4.11. The van der Waals surface area contributed by atoms with E-state index >= 15 is 0 Å². The number of carbonyl (C=O) groups excluding carboxylic acids is 2. The van der Waals surface area contributed by atoms with E-state index in [0.717, 1.165) is 40.1 Å². The number of ketones is 1. The Morgan fingerprint density at radius 2 is 1.63 bits per heavy atom. The number of halogens is 3. The van der Waals surface area contributed by atoms with Crippen LogP contribution in [0.25, 0.3) is 21.8 Å². The average molecular weight is 480 g/mol. The summed E-state index contributed by atoms with van der Waals surface area (Å²) >= 11 is 0. The summed E-state index contributed by atoms with van der Waals surface area (Å²) in [6, 6.07) is 21.8. The van der Waals surface area contributed by atoms with Crippen LogP contribution in [0.3, 0.4) is 0 Å². The minimum atomic E-state index is -4.97. The zero-order valence-corrected chi connectivity index (χ0v) is 19.0. The lowest BCUT2D eigenvalue weighted by Crippen LogP contribution is -2.39. The van der Waals surface area contributed by atoms with Gasteiger partial charge in [-0.1, -0.05) is 48.5 Å².